The molecule has 14 heavy (non-hydrogen) atoms. The number of aromatic carboxylic acids is 1. The van der Waals surface area contributed by atoms with E-state index in [1.54, 1.807) is 12.5 Å². The van der Waals surface area contributed by atoms with Crippen molar-refractivity contribution in [2.45, 2.75) is 32.2 Å². The quantitative estimate of drug-likeness (QED) is 0.797. The third-order valence-electron chi connectivity index (χ3n) is 2.80. The summed E-state index contributed by atoms with van der Waals surface area (Å²) in [6.45, 7) is 0.917. The first-order valence-corrected chi connectivity index (χ1v) is 5.01. The fourth-order valence-electron chi connectivity index (χ4n) is 2.06. The van der Waals surface area contributed by atoms with Gasteiger partial charge in [-0.15, -0.1) is 0 Å². The van der Waals surface area contributed by atoms with Crippen LogP contribution in [0.4, 0.5) is 0 Å². The van der Waals surface area contributed by atoms with E-state index in [4.69, 9.17) is 5.11 Å². The summed E-state index contributed by atoms with van der Waals surface area (Å²) in [5.41, 5.74) is 0.142. The first kappa shape index (κ1) is 9.24. The maximum atomic E-state index is 10.6. The van der Waals surface area contributed by atoms with Crippen molar-refractivity contribution in [3.05, 3.63) is 18.2 Å². The van der Waals surface area contributed by atoms with Crippen molar-refractivity contribution in [3.8, 4) is 0 Å². The third kappa shape index (κ3) is 1.95. The Morgan fingerprint density at radius 2 is 2.29 bits per heavy atom. The Hall–Kier alpha value is -1.32. The van der Waals surface area contributed by atoms with Crippen LogP contribution in [-0.4, -0.2) is 20.6 Å². The number of carboxylic acids is 1. The molecule has 1 aliphatic carbocycles. The van der Waals surface area contributed by atoms with E-state index in [0.29, 0.717) is 5.92 Å². The van der Waals surface area contributed by atoms with E-state index >= 15 is 0 Å². The van der Waals surface area contributed by atoms with E-state index in [-0.39, 0.29) is 5.69 Å². The van der Waals surface area contributed by atoms with Gasteiger partial charge in [0.1, 0.15) is 0 Å². The molecule has 0 bridgehead atoms. The molecule has 2 rings (SSSR count). The van der Waals surface area contributed by atoms with E-state index in [0.717, 1.165) is 6.54 Å². The van der Waals surface area contributed by atoms with Gasteiger partial charge in [-0.05, 0) is 18.8 Å². The van der Waals surface area contributed by atoms with Gasteiger partial charge in [-0.25, -0.2) is 9.78 Å². The predicted octanol–water partition coefficient (Wildman–Crippen LogP) is 1.77. The summed E-state index contributed by atoms with van der Waals surface area (Å²) in [5.74, 6) is -0.235. The molecule has 0 spiro atoms. The molecular formula is C10H14N2O2. The van der Waals surface area contributed by atoms with E-state index in [9.17, 15) is 4.79 Å². The zero-order valence-electron chi connectivity index (χ0n) is 8.02. The Labute approximate surface area is 82.6 Å². The van der Waals surface area contributed by atoms with Gasteiger partial charge in [-0.1, -0.05) is 12.8 Å². The van der Waals surface area contributed by atoms with Crippen LogP contribution in [0.15, 0.2) is 12.5 Å². The fraction of sp³-hybridized carbons (Fsp3) is 0.600. The Morgan fingerprint density at radius 1 is 1.57 bits per heavy atom. The lowest BCUT2D eigenvalue weighted by molar-refractivity contribution is 0.0691. The van der Waals surface area contributed by atoms with Gasteiger partial charge in [0.05, 0.1) is 6.33 Å². The second-order valence-corrected chi connectivity index (χ2v) is 3.91. The zero-order chi connectivity index (χ0) is 9.97. The molecule has 0 unspecified atom stereocenters. The van der Waals surface area contributed by atoms with E-state index in [2.05, 4.69) is 4.98 Å². The molecule has 0 saturated heterocycles. The molecule has 1 N–H and O–H groups in total. The molecule has 0 aliphatic heterocycles. The zero-order valence-corrected chi connectivity index (χ0v) is 8.02. The van der Waals surface area contributed by atoms with Crippen molar-refractivity contribution in [1.82, 2.24) is 9.55 Å². The second kappa shape index (κ2) is 3.82. The van der Waals surface area contributed by atoms with Crippen molar-refractivity contribution in [2.75, 3.05) is 0 Å². The summed E-state index contributed by atoms with van der Waals surface area (Å²) in [6.07, 6.45) is 8.37. The van der Waals surface area contributed by atoms with Gasteiger partial charge in [0.25, 0.3) is 0 Å². The predicted molar refractivity (Wildman–Crippen MR) is 51.1 cm³/mol. The molecule has 1 aromatic rings. The number of rotatable bonds is 3. The van der Waals surface area contributed by atoms with Crippen LogP contribution in [0.1, 0.15) is 36.2 Å². The average Bonchev–Trinajstić information content (AvgIpc) is 2.75. The highest BCUT2D eigenvalue weighted by molar-refractivity contribution is 5.84. The maximum absolute atomic E-state index is 10.6. The molecule has 1 aromatic heterocycles. The van der Waals surface area contributed by atoms with Crippen LogP contribution in [0.3, 0.4) is 0 Å². The largest absolute Gasteiger partial charge is 0.476 e. The Kier molecular flexibility index (Phi) is 2.52. The SMILES string of the molecule is O=C(O)c1cn(CC2CCCC2)cn1. The topological polar surface area (TPSA) is 55.1 Å². The normalized spacial score (nSPS) is 17.4. The van der Waals surface area contributed by atoms with Crippen LogP contribution in [-0.2, 0) is 6.54 Å². The van der Waals surface area contributed by atoms with E-state index < -0.39 is 5.97 Å². The molecular weight excluding hydrogens is 180 g/mol. The molecule has 0 atom stereocenters. The molecule has 0 amide bonds. The number of hydrogen-bond donors (Lipinski definition) is 1. The van der Waals surface area contributed by atoms with Gasteiger partial charge in [-0.2, -0.15) is 0 Å². The second-order valence-electron chi connectivity index (χ2n) is 3.91. The Balaban J connectivity index is 1.98. The number of aromatic nitrogens is 2. The summed E-state index contributed by atoms with van der Waals surface area (Å²) >= 11 is 0. The van der Waals surface area contributed by atoms with E-state index in [1.807, 2.05) is 4.57 Å². The van der Waals surface area contributed by atoms with Crippen LogP contribution < -0.4 is 0 Å². The molecule has 4 heteroatoms. The van der Waals surface area contributed by atoms with Crippen molar-refractivity contribution in [3.63, 3.8) is 0 Å². The number of carboxylic acid groups (broad SMARTS) is 1. The minimum Gasteiger partial charge on any atom is -0.476 e. The van der Waals surface area contributed by atoms with E-state index in [1.165, 1.54) is 25.7 Å². The lowest BCUT2D eigenvalue weighted by Gasteiger charge is -2.08. The van der Waals surface area contributed by atoms with Crippen molar-refractivity contribution >= 4 is 5.97 Å². The van der Waals surface area contributed by atoms with Gasteiger partial charge in [0, 0.05) is 12.7 Å². The number of carbonyl (C=O) groups is 1. The van der Waals surface area contributed by atoms with Gasteiger partial charge < -0.3 is 9.67 Å². The molecule has 76 valence electrons. The molecule has 0 aromatic carbocycles. The maximum Gasteiger partial charge on any atom is 0.356 e. The minimum absolute atomic E-state index is 0.142. The van der Waals surface area contributed by atoms with Gasteiger partial charge in [0.15, 0.2) is 5.69 Å². The van der Waals surface area contributed by atoms with Crippen LogP contribution >= 0.6 is 0 Å². The summed E-state index contributed by atoms with van der Waals surface area (Å²) in [6, 6.07) is 0. The van der Waals surface area contributed by atoms with Crippen LogP contribution in [0, 0.1) is 5.92 Å². The number of hydrogen-bond acceptors (Lipinski definition) is 2. The highest BCUT2D eigenvalue weighted by atomic mass is 16.4. The first-order chi connectivity index (χ1) is 6.75. The number of nitrogens with zero attached hydrogens (tertiary/aromatic N) is 2. The highest BCUT2D eigenvalue weighted by Crippen LogP contribution is 2.25. The van der Waals surface area contributed by atoms with Crippen LogP contribution in [0.5, 0.6) is 0 Å². The lowest BCUT2D eigenvalue weighted by Crippen LogP contribution is -2.05. The molecule has 1 heterocycles. The van der Waals surface area contributed by atoms with Gasteiger partial charge in [0.2, 0.25) is 0 Å². The van der Waals surface area contributed by atoms with Crippen molar-refractivity contribution in [2.24, 2.45) is 5.92 Å². The lowest BCUT2D eigenvalue weighted by atomic mass is 10.1. The summed E-state index contributed by atoms with van der Waals surface area (Å²) in [5, 5.41) is 8.68. The standard InChI is InChI=1S/C10H14N2O2/c13-10(14)9-6-12(7-11-9)5-8-3-1-2-4-8/h6-8H,1-5H2,(H,13,14). The summed E-state index contributed by atoms with van der Waals surface area (Å²) < 4.78 is 1.89. The molecule has 1 saturated carbocycles. The van der Waals surface area contributed by atoms with Crippen molar-refractivity contribution < 1.29 is 9.90 Å². The third-order valence-corrected chi connectivity index (χ3v) is 2.80. The molecule has 1 aliphatic rings. The fourth-order valence-corrected chi connectivity index (χ4v) is 2.06. The molecule has 1 fully saturated rings. The number of imidazole rings is 1. The highest BCUT2D eigenvalue weighted by Gasteiger charge is 2.16. The summed E-state index contributed by atoms with van der Waals surface area (Å²) in [7, 11) is 0. The average molecular weight is 194 g/mol. The Morgan fingerprint density at radius 3 is 2.86 bits per heavy atom. The van der Waals surface area contributed by atoms with Crippen LogP contribution in [0.25, 0.3) is 0 Å². The smallest absolute Gasteiger partial charge is 0.356 e. The minimum atomic E-state index is -0.949. The van der Waals surface area contributed by atoms with Gasteiger partial charge >= 0.3 is 5.97 Å². The monoisotopic (exact) mass is 194 g/mol. The first-order valence-electron chi connectivity index (χ1n) is 5.01. The van der Waals surface area contributed by atoms with Crippen LogP contribution in [0.2, 0.25) is 0 Å². The molecule has 4 nitrogen and oxygen atoms in total. The Bertz CT molecular complexity index is 327. The van der Waals surface area contributed by atoms with Gasteiger partial charge in [-0.3, -0.25) is 0 Å². The van der Waals surface area contributed by atoms with Crippen molar-refractivity contribution in [1.29, 1.82) is 0 Å². The summed E-state index contributed by atoms with van der Waals surface area (Å²) in [4.78, 5) is 14.4. The molecule has 0 radical (unpaired) electrons.